The van der Waals surface area contributed by atoms with E-state index in [-0.39, 0.29) is 46.4 Å². The molecule has 0 aliphatic carbocycles. The van der Waals surface area contributed by atoms with Crippen LogP contribution in [-0.4, -0.2) is 38.3 Å². The molecule has 0 saturated carbocycles. The fraction of sp³-hybridized carbons (Fsp3) is 0.259. The van der Waals surface area contributed by atoms with Crippen LogP contribution in [0.5, 0.6) is 11.5 Å². The van der Waals surface area contributed by atoms with Crippen molar-refractivity contribution in [3.63, 3.8) is 0 Å². The first kappa shape index (κ1) is 27.7. The zero-order chi connectivity index (χ0) is 27.2. The van der Waals surface area contributed by atoms with E-state index in [4.69, 9.17) is 8.92 Å². The van der Waals surface area contributed by atoms with Gasteiger partial charge in [0.05, 0.1) is 7.11 Å². The van der Waals surface area contributed by atoms with Crippen LogP contribution in [0.3, 0.4) is 0 Å². The lowest BCUT2D eigenvalue weighted by atomic mass is 10.1. The number of carbonyl (C=O) groups is 2. The maximum absolute atomic E-state index is 13.7. The minimum Gasteiger partial charge on any atom is -0.493 e. The van der Waals surface area contributed by atoms with E-state index in [1.807, 2.05) is 13.8 Å². The van der Waals surface area contributed by atoms with Crippen molar-refractivity contribution in [3.05, 3.63) is 83.7 Å². The Morgan fingerprint density at radius 1 is 1.03 bits per heavy atom. The van der Waals surface area contributed by atoms with Gasteiger partial charge in [0.2, 0.25) is 5.91 Å². The van der Waals surface area contributed by atoms with Gasteiger partial charge in [-0.25, -0.2) is 4.39 Å². The fourth-order valence-electron chi connectivity index (χ4n) is 3.59. The lowest BCUT2D eigenvalue weighted by Crippen LogP contribution is -2.37. The van der Waals surface area contributed by atoms with E-state index >= 15 is 0 Å². The number of rotatable bonds is 10. The maximum Gasteiger partial charge on any atom is 0.339 e. The Morgan fingerprint density at radius 3 is 2.32 bits per heavy atom. The van der Waals surface area contributed by atoms with Crippen molar-refractivity contribution in [3.8, 4) is 11.5 Å². The Labute approximate surface area is 216 Å². The summed E-state index contributed by atoms with van der Waals surface area (Å²) in [5, 5.41) is 2.57. The zero-order valence-corrected chi connectivity index (χ0v) is 21.8. The van der Waals surface area contributed by atoms with E-state index in [1.165, 1.54) is 62.6 Å². The van der Waals surface area contributed by atoms with Crippen molar-refractivity contribution >= 4 is 27.6 Å². The molecule has 0 aromatic heterocycles. The zero-order valence-electron chi connectivity index (χ0n) is 21.0. The van der Waals surface area contributed by atoms with Crippen molar-refractivity contribution in [2.24, 2.45) is 0 Å². The molecule has 10 heteroatoms. The number of hydrogen-bond donors (Lipinski definition) is 1. The van der Waals surface area contributed by atoms with Gasteiger partial charge in [-0.15, -0.1) is 0 Å². The molecule has 3 rings (SSSR count). The number of benzene rings is 3. The first-order valence-electron chi connectivity index (χ1n) is 11.6. The summed E-state index contributed by atoms with van der Waals surface area (Å²) in [6.45, 7) is 5.30. The minimum atomic E-state index is -4.24. The summed E-state index contributed by atoms with van der Waals surface area (Å²) >= 11 is 0. The molecular formula is C27H29FN2O6S. The highest BCUT2D eigenvalue weighted by Gasteiger charge is 2.24. The van der Waals surface area contributed by atoms with E-state index in [0.29, 0.717) is 17.7 Å². The molecule has 0 spiro atoms. The second-order valence-corrected chi connectivity index (χ2v) is 9.98. The summed E-state index contributed by atoms with van der Waals surface area (Å²) in [6, 6.07) is 15.6. The molecule has 0 aliphatic rings. The van der Waals surface area contributed by atoms with Crippen molar-refractivity contribution in [2.45, 2.75) is 44.7 Å². The van der Waals surface area contributed by atoms with Gasteiger partial charge < -0.3 is 19.1 Å². The molecule has 0 heterocycles. The lowest BCUT2D eigenvalue weighted by molar-refractivity contribution is -0.114. The number of halogens is 1. The Bertz CT molecular complexity index is 1380. The molecular weight excluding hydrogens is 499 g/mol. The Kier molecular flexibility index (Phi) is 8.88. The highest BCUT2D eigenvalue weighted by molar-refractivity contribution is 7.87. The summed E-state index contributed by atoms with van der Waals surface area (Å²) in [5.74, 6) is -0.998. The highest BCUT2D eigenvalue weighted by Crippen LogP contribution is 2.32. The van der Waals surface area contributed by atoms with Gasteiger partial charge in [0.15, 0.2) is 11.5 Å². The highest BCUT2D eigenvalue weighted by atomic mass is 32.2. The van der Waals surface area contributed by atoms with Crippen LogP contribution in [0.2, 0.25) is 0 Å². The standard InChI is InChI=1S/C27H29FN2O6S/c1-5-18(2)30(27(32)21-7-6-8-22(28)16-21)17-20-9-14-25(35-4)26(15-20)36-37(33,34)24-12-10-23(11-13-24)29-19(3)31/h6-16,18H,5,17H2,1-4H3,(H,29,31)/t18-/m1/s1. The molecule has 0 radical (unpaired) electrons. The van der Waals surface area contributed by atoms with Crippen LogP contribution in [0.1, 0.15) is 43.1 Å². The fourth-order valence-corrected chi connectivity index (χ4v) is 4.52. The van der Waals surface area contributed by atoms with Gasteiger partial charge >= 0.3 is 10.1 Å². The average molecular weight is 529 g/mol. The third-order valence-electron chi connectivity index (χ3n) is 5.70. The van der Waals surface area contributed by atoms with Crippen LogP contribution in [0, 0.1) is 5.82 Å². The minimum absolute atomic E-state index is 0.0479. The molecule has 0 fully saturated rings. The summed E-state index contributed by atoms with van der Waals surface area (Å²) in [5.41, 5.74) is 1.26. The normalized spacial score (nSPS) is 11.9. The van der Waals surface area contributed by atoms with Crippen molar-refractivity contribution < 1.29 is 31.3 Å². The van der Waals surface area contributed by atoms with Crippen LogP contribution >= 0.6 is 0 Å². The molecule has 2 amide bonds. The van der Waals surface area contributed by atoms with Gasteiger partial charge in [-0.1, -0.05) is 19.1 Å². The first-order chi connectivity index (χ1) is 17.5. The van der Waals surface area contributed by atoms with Crippen LogP contribution in [0.15, 0.2) is 71.6 Å². The van der Waals surface area contributed by atoms with Gasteiger partial charge in [-0.05, 0) is 73.5 Å². The second kappa shape index (κ2) is 11.9. The van der Waals surface area contributed by atoms with E-state index in [9.17, 15) is 22.4 Å². The van der Waals surface area contributed by atoms with Crippen LogP contribution < -0.4 is 14.2 Å². The van der Waals surface area contributed by atoms with E-state index in [2.05, 4.69) is 5.32 Å². The Balaban J connectivity index is 1.89. The summed E-state index contributed by atoms with van der Waals surface area (Å²) in [6.07, 6.45) is 0.656. The summed E-state index contributed by atoms with van der Waals surface area (Å²) in [4.78, 5) is 25.9. The van der Waals surface area contributed by atoms with Crippen LogP contribution in [0.25, 0.3) is 0 Å². The number of nitrogens with one attached hydrogen (secondary N) is 1. The van der Waals surface area contributed by atoms with Gasteiger partial charge in [0.1, 0.15) is 10.7 Å². The molecule has 196 valence electrons. The molecule has 0 aliphatic heterocycles. The van der Waals surface area contributed by atoms with Crippen LogP contribution in [-0.2, 0) is 21.5 Å². The van der Waals surface area contributed by atoms with Crippen molar-refractivity contribution in [1.29, 1.82) is 0 Å². The molecule has 8 nitrogen and oxygen atoms in total. The van der Waals surface area contributed by atoms with E-state index in [1.54, 1.807) is 23.1 Å². The predicted molar refractivity (Wildman–Crippen MR) is 138 cm³/mol. The van der Waals surface area contributed by atoms with Crippen LogP contribution in [0.4, 0.5) is 10.1 Å². The topological polar surface area (TPSA) is 102 Å². The third-order valence-corrected chi connectivity index (χ3v) is 6.95. The molecule has 0 bridgehead atoms. The number of ether oxygens (including phenoxy) is 1. The monoisotopic (exact) mass is 528 g/mol. The van der Waals surface area contributed by atoms with Gasteiger partial charge in [-0.2, -0.15) is 8.42 Å². The quantitative estimate of drug-likeness (QED) is 0.372. The summed E-state index contributed by atoms with van der Waals surface area (Å²) in [7, 11) is -2.85. The molecule has 0 unspecified atom stereocenters. The molecule has 0 saturated heterocycles. The van der Waals surface area contributed by atoms with Gasteiger partial charge in [0.25, 0.3) is 5.91 Å². The Morgan fingerprint density at radius 2 is 1.73 bits per heavy atom. The number of hydrogen-bond acceptors (Lipinski definition) is 6. The number of anilines is 1. The summed E-state index contributed by atoms with van der Waals surface area (Å²) < 4.78 is 50.3. The SMILES string of the molecule is CC[C@@H](C)N(Cc1ccc(OC)c(OS(=O)(=O)c2ccc(NC(C)=O)cc2)c1)C(=O)c1cccc(F)c1. The maximum atomic E-state index is 13.7. The molecule has 1 N–H and O–H groups in total. The van der Waals surface area contributed by atoms with Crippen molar-refractivity contribution in [2.75, 3.05) is 12.4 Å². The molecule has 3 aromatic rings. The van der Waals surface area contributed by atoms with Gasteiger partial charge in [0, 0.05) is 30.8 Å². The third kappa shape index (κ3) is 7.07. The molecule has 3 aromatic carbocycles. The van der Waals surface area contributed by atoms with E-state index < -0.39 is 15.9 Å². The molecule has 1 atom stereocenters. The molecule has 37 heavy (non-hydrogen) atoms. The Hall–Kier alpha value is -3.92. The average Bonchev–Trinajstić information content (AvgIpc) is 2.86. The number of amides is 2. The lowest BCUT2D eigenvalue weighted by Gasteiger charge is -2.29. The van der Waals surface area contributed by atoms with Crippen molar-refractivity contribution in [1.82, 2.24) is 4.90 Å². The van der Waals surface area contributed by atoms with Gasteiger partial charge in [-0.3, -0.25) is 9.59 Å². The van der Waals surface area contributed by atoms with E-state index in [0.717, 1.165) is 0 Å². The first-order valence-corrected chi connectivity index (χ1v) is 13.0. The predicted octanol–water partition coefficient (Wildman–Crippen LogP) is 5.00. The second-order valence-electron chi connectivity index (χ2n) is 8.43. The largest absolute Gasteiger partial charge is 0.493 e. The number of carbonyl (C=O) groups excluding carboxylic acids is 2. The number of nitrogens with zero attached hydrogens (tertiary/aromatic N) is 1. The smallest absolute Gasteiger partial charge is 0.339 e. The number of methoxy groups -OCH3 is 1.